The van der Waals surface area contributed by atoms with E-state index < -0.39 is 0 Å². The van der Waals surface area contributed by atoms with Gasteiger partial charge in [-0.15, -0.1) is 0 Å². The van der Waals surface area contributed by atoms with Crippen LogP contribution < -0.4 is 14.4 Å². The van der Waals surface area contributed by atoms with Gasteiger partial charge in [-0.25, -0.2) is 0 Å². The van der Waals surface area contributed by atoms with Crippen LogP contribution in [0.3, 0.4) is 0 Å². The molecule has 0 atom stereocenters. The van der Waals surface area contributed by atoms with E-state index in [4.69, 9.17) is 9.47 Å². The van der Waals surface area contributed by atoms with Gasteiger partial charge in [-0.05, 0) is 6.07 Å². The van der Waals surface area contributed by atoms with Crippen LogP contribution in [-0.4, -0.2) is 34.6 Å². The predicted molar refractivity (Wildman–Crippen MR) is 59.3 cm³/mol. The SMILES string of the molecule is COc1cc(C=O)c(N(C)C)cc1OC. The van der Waals surface area contributed by atoms with Gasteiger partial charge in [0.15, 0.2) is 17.8 Å². The number of benzene rings is 1. The Labute approximate surface area is 89.4 Å². The first kappa shape index (κ1) is 11.4. The van der Waals surface area contributed by atoms with E-state index in [2.05, 4.69) is 0 Å². The van der Waals surface area contributed by atoms with Crippen LogP contribution >= 0.6 is 0 Å². The molecule has 1 rings (SSSR count). The van der Waals surface area contributed by atoms with Crippen molar-refractivity contribution in [3.63, 3.8) is 0 Å². The summed E-state index contributed by atoms with van der Waals surface area (Å²) < 4.78 is 10.3. The van der Waals surface area contributed by atoms with Crippen molar-refractivity contribution in [3.05, 3.63) is 17.7 Å². The van der Waals surface area contributed by atoms with E-state index in [0.29, 0.717) is 17.1 Å². The highest BCUT2D eigenvalue weighted by Gasteiger charge is 2.11. The zero-order chi connectivity index (χ0) is 11.4. The van der Waals surface area contributed by atoms with E-state index in [1.165, 1.54) is 0 Å². The summed E-state index contributed by atoms with van der Waals surface area (Å²) >= 11 is 0. The highest BCUT2D eigenvalue weighted by Crippen LogP contribution is 2.33. The molecule has 0 saturated heterocycles. The van der Waals surface area contributed by atoms with Gasteiger partial charge in [0.2, 0.25) is 0 Å². The standard InChI is InChI=1S/C11H15NO3/c1-12(2)9-6-11(15-4)10(14-3)5-8(9)7-13/h5-7H,1-4H3. The topological polar surface area (TPSA) is 38.8 Å². The molecule has 0 radical (unpaired) electrons. The second kappa shape index (κ2) is 4.68. The molecule has 0 aliphatic carbocycles. The van der Waals surface area contributed by atoms with Crippen molar-refractivity contribution in [2.45, 2.75) is 0 Å². The fourth-order valence-electron chi connectivity index (χ4n) is 1.37. The van der Waals surface area contributed by atoms with E-state index >= 15 is 0 Å². The Hall–Kier alpha value is -1.71. The number of aldehydes is 1. The molecular weight excluding hydrogens is 194 g/mol. The third kappa shape index (κ3) is 2.21. The fraction of sp³-hybridized carbons (Fsp3) is 0.364. The van der Waals surface area contributed by atoms with Crippen molar-refractivity contribution in [1.29, 1.82) is 0 Å². The second-order valence-corrected chi connectivity index (χ2v) is 3.28. The van der Waals surface area contributed by atoms with Gasteiger partial charge in [-0.2, -0.15) is 0 Å². The first-order valence-corrected chi connectivity index (χ1v) is 4.52. The van der Waals surface area contributed by atoms with Crippen LogP contribution in [0.25, 0.3) is 0 Å². The van der Waals surface area contributed by atoms with Gasteiger partial charge in [0, 0.05) is 25.7 Å². The summed E-state index contributed by atoms with van der Waals surface area (Å²) in [4.78, 5) is 12.7. The minimum absolute atomic E-state index is 0.560. The molecule has 4 nitrogen and oxygen atoms in total. The molecule has 0 amide bonds. The second-order valence-electron chi connectivity index (χ2n) is 3.28. The Morgan fingerprint density at radius 3 is 2.07 bits per heavy atom. The lowest BCUT2D eigenvalue weighted by molar-refractivity contribution is 0.112. The molecule has 4 heteroatoms. The molecule has 1 aromatic carbocycles. The van der Waals surface area contributed by atoms with Crippen LogP contribution in [0.1, 0.15) is 10.4 Å². The van der Waals surface area contributed by atoms with Crippen molar-refractivity contribution in [3.8, 4) is 11.5 Å². The Morgan fingerprint density at radius 1 is 1.13 bits per heavy atom. The Kier molecular flexibility index (Phi) is 3.55. The van der Waals surface area contributed by atoms with Crippen LogP contribution in [0.15, 0.2) is 12.1 Å². The van der Waals surface area contributed by atoms with Crippen molar-refractivity contribution >= 4 is 12.0 Å². The molecule has 1 aromatic rings. The number of carbonyl (C=O) groups is 1. The average molecular weight is 209 g/mol. The summed E-state index contributed by atoms with van der Waals surface area (Å²) in [7, 11) is 6.85. The van der Waals surface area contributed by atoms with E-state index in [-0.39, 0.29) is 0 Å². The summed E-state index contributed by atoms with van der Waals surface area (Å²) in [6.45, 7) is 0. The Balaban J connectivity index is 3.34. The van der Waals surface area contributed by atoms with Gasteiger partial charge in [0.05, 0.1) is 19.9 Å². The average Bonchev–Trinajstić information content (AvgIpc) is 2.26. The van der Waals surface area contributed by atoms with Crippen LogP contribution in [-0.2, 0) is 0 Å². The number of nitrogens with zero attached hydrogens (tertiary/aromatic N) is 1. The zero-order valence-corrected chi connectivity index (χ0v) is 9.40. The molecule has 0 unspecified atom stereocenters. The third-order valence-electron chi connectivity index (χ3n) is 2.14. The number of methoxy groups -OCH3 is 2. The first-order valence-electron chi connectivity index (χ1n) is 4.52. The lowest BCUT2D eigenvalue weighted by Gasteiger charge is -2.17. The molecule has 0 aliphatic rings. The van der Waals surface area contributed by atoms with Crippen LogP contribution in [0.4, 0.5) is 5.69 Å². The largest absolute Gasteiger partial charge is 0.493 e. The summed E-state index contributed by atoms with van der Waals surface area (Å²) in [6.07, 6.45) is 0.803. The molecule has 0 saturated carbocycles. The smallest absolute Gasteiger partial charge is 0.162 e. The van der Waals surface area contributed by atoms with Crippen LogP contribution in [0.5, 0.6) is 11.5 Å². The van der Waals surface area contributed by atoms with Crippen LogP contribution in [0.2, 0.25) is 0 Å². The number of hydrogen-bond acceptors (Lipinski definition) is 4. The summed E-state index contributed by atoms with van der Waals surface area (Å²) in [5, 5.41) is 0. The van der Waals surface area contributed by atoms with Gasteiger partial charge in [0.25, 0.3) is 0 Å². The molecule has 0 fully saturated rings. The van der Waals surface area contributed by atoms with Gasteiger partial charge in [-0.1, -0.05) is 0 Å². The maximum atomic E-state index is 10.9. The van der Waals surface area contributed by atoms with E-state index in [0.717, 1.165) is 12.0 Å². The van der Waals surface area contributed by atoms with Crippen molar-refractivity contribution in [1.82, 2.24) is 0 Å². The van der Waals surface area contributed by atoms with E-state index in [9.17, 15) is 4.79 Å². The van der Waals surface area contributed by atoms with Crippen molar-refractivity contribution in [2.75, 3.05) is 33.2 Å². The lowest BCUT2D eigenvalue weighted by Crippen LogP contribution is -2.11. The van der Waals surface area contributed by atoms with E-state index in [1.54, 1.807) is 26.4 Å². The highest BCUT2D eigenvalue weighted by molar-refractivity contribution is 5.86. The van der Waals surface area contributed by atoms with Gasteiger partial charge >= 0.3 is 0 Å². The minimum Gasteiger partial charge on any atom is -0.493 e. The molecular formula is C11H15NO3. The maximum Gasteiger partial charge on any atom is 0.162 e. The molecule has 82 valence electrons. The molecule has 0 aromatic heterocycles. The summed E-state index contributed by atoms with van der Waals surface area (Å²) in [6, 6.07) is 3.45. The number of carbonyl (C=O) groups excluding carboxylic acids is 1. The molecule has 15 heavy (non-hydrogen) atoms. The summed E-state index contributed by atoms with van der Waals surface area (Å²) in [5.74, 6) is 1.18. The lowest BCUT2D eigenvalue weighted by atomic mass is 10.1. The quantitative estimate of drug-likeness (QED) is 0.706. The Bertz CT molecular complexity index is 361. The van der Waals surface area contributed by atoms with Crippen molar-refractivity contribution < 1.29 is 14.3 Å². The monoisotopic (exact) mass is 209 g/mol. The highest BCUT2D eigenvalue weighted by atomic mass is 16.5. The van der Waals surface area contributed by atoms with E-state index in [1.807, 2.05) is 19.0 Å². The third-order valence-corrected chi connectivity index (χ3v) is 2.14. The number of rotatable bonds is 4. The number of hydrogen-bond donors (Lipinski definition) is 0. The zero-order valence-electron chi connectivity index (χ0n) is 9.40. The first-order chi connectivity index (χ1) is 7.13. The summed E-state index contributed by atoms with van der Waals surface area (Å²) in [5.41, 5.74) is 1.39. The van der Waals surface area contributed by atoms with Crippen LogP contribution in [0, 0.1) is 0 Å². The fourth-order valence-corrected chi connectivity index (χ4v) is 1.37. The molecule has 0 heterocycles. The van der Waals surface area contributed by atoms with Crippen molar-refractivity contribution in [2.24, 2.45) is 0 Å². The maximum absolute atomic E-state index is 10.9. The molecule has 0 spiro atoms. The molecule has 0 aliphatic heterocycles. The number of ether oxygens (including phenoxy) is 2. The van der Waals surface area contributed by atoms with Gasteiger partial charge < -0.3 is 14.4 Å². The minimum atomic E-state index is 0.560. The molecule has 0 N–H and O–H groups in total. The van der Waals surface area contributed by atoms with Gasteiger partial charge in [-0.3, -0.25) is 4.79 Å². The Morgan fingerprint density at radius 2 is 1.67 bits per heavy atom. The predicted octanol–water partition coefficient (Wildman–Crippen LogP) is 1.58. The van der Waals surface area contributed by atoms with Gasteiger partial charge in [0.1, 0.15) is 0 Å². The molecule has 0 bridgehead atoms. The normalized spacial score (nSPS) is 9.60. The number of anilines is 1.